The van der Waals surface area contributed by atoms with Crippen LogP contribution in [0.1, 0.15) is 11.1 Å². The van der Waals surface area contributed by atoms with Crippen molar-refractivity contribution in [3.63, 3.8) is 0 Å². The number of carbonyl (C=O) groups is 1. The van der Waals surface area contributed by atoms with Gasteiger partial charge in [0.05, 0.1) is 9.38 Å². The summed E-state index contributed by atoms with van der Waals surface area (Å²) in [4.78, 5) is 12.3. The SMILES string of the molecule is Cc1ccc(S(=O)(=O)Oc2ccc(/C=C3/SC(=S)NC3=O)cc2Br)cc1. The van der Waals surface area contributed by atoms with Crippen LogP contribution in [-0.2, 0) is 14.9 Å². The summed E-state index contributed by atoms with van der Waals surface area (Å²) in [6, 6.07) is 11.3. The van der Waals surface area contributed by atoms with E-state index in [9.17, 15) is 13.2 Å². The Morgan fingerprint density at radius 1 is 1.19 bits per heavy atom. The van der Waals surface area contributed by atoms with Gasteiger partial charge in [0.15, 0.2) is 5.75 Å². The number of halogens is 1. The highest BCUT2D eigenvalue weighted by Crippen LogP contribution is 2.31. The van der Waals surface area contributed by atoms with Gasteiger partial charge in [0.25, 0.3) is 5.91 Å². The summed E-state index contributed by atoms with van der Waals surface area (Å²) in [5.74, 6) is -0.0924. The van der Waals surface area contributed by atoms with Crippen LogP contribution in [-0.4, -0.2) is 18.6 Å². The van der Waals surface area contributed by atoms with Crippen LogP contribution in [0.2, 0.25) is 0 Å². The van der Waals surface area contributed by atoms with Crippen LogP contribution >= 0.6 is 39.9 Å². The molecule has 0 aliphatic carbocycles. The second kappa shape index (κ2) is 7.51. The maximum Gasteiger partial charge on any atom is 0.339 e. The second-order valence-electron chi connectivity index (χ2n) is 5.39. The van der Waals surface area contributed by atoms with Gasteiger partial charge < -0.3 is 9.50 Å². The van der Waals surface area contributed by atoms with Crippen molar-refractivity contribution < 1.29 is 17.4 Å². The number of hydrogen-bond donors (Lipinski definition) is 1. The van der Waals surface area contributed by atoms with Crippen LogP contribution in [0.15, 0.2) is 56.7 Å². The Morgan fingerprint density at radius 3 is 2.46 bits per heavy atom. The zero-order valence-corrected chi connectivity index (χ0v) is 17.4. The van der Waals surface area contributed by atoms with E-state index >= 15 is 0 Å². The molecule has 1 aliphatic heterocycles. The van der Waals surface area contributed by atoms with Crippen molar-refractivity contribution in [3.05, 3.63) is 63.0 Å². The Morgan fingerprint density at radius 2 is 1.88 bits per heavy atom. The smallest absolute Gasteiger partial charge is 0.339 e. The molecule has 0 spiro atoms. The standard InChI is InChI=1S/C17H12BrNO4S3/c1-10-2-5-12(6-3-10)26(21,22)23-14-7-4-11(8-13(14)18)9-15-16(20)19-17(24)25-15/h2-9H,1H3,(H,19,20,24)/b15-9+. The molecule has 3 rings (SSSR count). The number of nitrogens with one attached hydrogen (secondary N) is 1. The number of thioether (sulfide) groups is 1. The minimum atomic E-state index is -3.93. The highest BCUT2D eigenvalue weighted by atomic mass is 79.9. The van der Waals surface area contributed by atoms with E-state index < -0.39 is 10.1 Å². The predicted molar refractivity (Wildman–Crippen MR) is 109 cm³/mol. The lowest BCUT2D eigenvalue weighted by Crippen LogP contribution is -2.17. The third-order valence-electron chi connectivity index (χ3n) is 3.40. The molecule has 5 nitrogen and oxygen atoms in total. The van der Waals surface area contributed by atoms with Gasteiger partial charge in [0.2, 0.25) is 0 Å². The molecule has 1 N–H and O–H groups in total. The summed E-state index contributed by atoms with van der Waals surface area (Å²) >= 11 is 9.43. The molecule has 0 saturated carbocycles. The predicted octanol–water partition coefficient (Wildman–Crippen LogP) is 4.01. The highest BCUT2D eigenvalue weighted by Gasteiger charge is 2.22. The third-order valence-corrected chi connectivity index (χ3v) is 6.44. The number of amides is 1. The highest BCUT2D eigenvalue weighted by molar-refractivity contribution is 9.10. The molecular formula is C17H12BrNO4S3. The summed E-state index contributed by atoms with van der Waals surface area (Å²) in [6.07, 6.45) is 1.67. The van der Waals surface area contributed by atoms with E-state index in [0.717, 1.165) is 5.56 Å². The monoisotopic (exact) mass is 469 g/mol. The Bertz CT molecular complexity index is 1030. The van der Waals surface area contributed by atoms with Gasteiger partial charge in [-0.25, -0.2) is 0 Å². The molecule has 1 amide bonds. The van der Waals surface area contributed by atoms with Gasteiger partial charge in [-0.05, 0) is 58.8 Å². The third kappa shape index (κ3) is 4.35. The van der Waals surface area contributed by atoms with Gasteiger partial charge in [0, 0.05) is 0 Å². The van der Waals surface area contributed by atoms with Crippen molar-refractivity contribution in [3.8, 4) is 5.75 Å². The maximum atomic E-state index is 12.4. The molecule has 2 aromatic rings. The van der Waals surface area contributed by atoms with Crippen LogP contribution < -0.4 is 9.50 Å². The molecule has 0 radical (unpaired) electrons. The average Bonchev–Trinajstić information content (AvgIpc) is 2.88. The molecule has 0 atom stereocenters. The largest absolute Gasteiger partial charge is 0.378 e. The first kappa shape index (κ1) is 19.1. The first-order valence-electron chi connectivity index (χ1n) is 7.30. The zero-order valence-electron chi connectivity index (χ0n) is 13.4. The van der Waals surface area contributed by atoms with Gasteiger partial charge >= 0.3 is 10.1 Å². The minimum Gasteiger partial charge on any atom is -0.378 e. The Labute approximate surface area is 169 Å². The lowest BCUT2D eigenvalue weighted by molar-refractivity contribution is -0.115. The molecule has 1 aliphatic rings. The zero-order chi connectivity index (χ0) is 18.9. The molecule has 9 heteroatoms. The molecule has 0 bridgehead atoms. The Kier molecular flexibility index (Phi) is 5.52. The normalized spacial score (nSPS) is 16.0. The van der Waals surface area contributed by atoms with Crippen LogP contribution in [0, 0.1) is 6.92 Å². The number of thiocarbonyl (C=S) groups is 1. The van der Waals surface area contributed by atoms with Crippen molar-refractivity contribution in [2.45, 2.75) is 11.8 Å². The summed E-state index contributed by atoms with van der Waals surface area (Å²) in [7, 11) is -3.93. The molecule has 1 saturated heterocycles. The molecule has 26 heavy (non-hydrogen) atoms. The number of aryl methyl sites for hydroxylation is 1. The molecule has 1 fully saturated rings. The molecule has 0 aromatic heterocycles. The van der Waals surface area contributed by atoms with E-state index in [1.54, 1.807) is 30.3 Å². The van der Waals surface area contributed by atoms with E-state index in [0.29, 0.717) is 19.3 Å². The van der Waals surface area contributed by atoms with Crippen LogP contribution in [0.5, 0.6) is 5.75 Å². The molecular weight excluding hydrogens is 458 g/mol. The van der Waals surface area contributed by atoms with Crippen LogP contribution in [0.25, 0.3) is 6.08 Å². The maximum absolute atomic E-state index is 12.4. The van der Waals surface area contributed by atoms with E-state index in [1.165, 1.54) is 30.0 Å². The Hall–Kier alpha value is -1.68. The van der Waals surface area contributed by atoms with Gasteiger partial charge in [-0.15, -0.1) is 0 Å². The summed E-state index contributed by atoms with van der Waals surface area (Å²) in [6.45, 7) is 1.87. The van der Waals surface area contributed by atoms with E-state index in [-0.39, 0.29) is 16.6 Å². The van der Waals surface area contributed by atoms with Crippen molar-refractivity contribution in [2.75, 3.05) is 0 Å². The Balaban J connectivity index is 1.84. The van der Waals surface area contributed by atoms with Crippen molar-refractivity contribution in [2.24, 2.45) is 0 Å². The quantitative estimate of drug-likeness (QED) is 0.414. The summed E-state index contributed by atoms with van der Waals surface area (Å²) < 4.78 is 30.8. The van der Waals surface area contributed by atoms with Gasteiger partial charge in [0.1, 0.15) is 9.22 Å². The molecule has 0 unspecified atom stereocenters. The van der Waals surface area contributed by atoms with Gasteiger partial charge in [-0.1, -0.05) is 47.7 Å². The summed E-state index contributed by atoms with van der Waals surface area (Å²) in [5.41, 5.74) is 1.66. The fraction of sp³-hybridized carbons (Fsp3) is 0.0588. The molecule has 1 heterocycles. The van der Waals surface area contributed by atoms with Crippen LogP contribution in [0.4, 0.5) is 0 Å². The fourth-order valence-electron chi connectivity index (χ4n) is 2.12. The number of benzene rings is 2. The lowest BCUT2D eigenvalue weighted by Gasteiger charge is -2.09. The molecule has 2 aromatic carbocycles. The molecule has 134 valence electrons. The topological polar surface area (TPSA) is 72.5 Å². The van der Waals surface area contributed by atoms with E-state index in [2.05, 4.69) is 21.2 Å². The van der Waals surface area contributed by atoms with E-state index in [1.807, 2.05) is 6.92 Å². The number of rotatable bonds is 4. The lowest BCUT2D eigenvalue weighted by atomic mass is 10.2. The van der Waals surface area contributed by atoms with E-state index in [4.69, 9.17) is 16.4 Å². The first-order valence-corrected chi connectivity index (χ1v) is 10.7. The minimum absolute atomic E-state index is 0.0775. The summed E-state index contributed by atoms with van der Waals surface area (Å²) in [5, 5.41) is 2.54. The van der Waals surface area contributed by atoms with Crippen LogP contribution in [0.3, 0.4) is 0 Å². The van der Waals surface area contributed by atoms with Gasteiger partial charge in [-0.3, -0.25) is 4.79 Å². The number of hydrogen-bond acceptors (Lipinski definition) is 6. The van der Waals surface area contributed by atoms with Crippen molar-refractivity contribution >= 4 is 66.3 Å². The van der Waals surface area contributed by atoms with Gasteiger partial charge in [-0.2, -0.15) is 8.42 Å². The average molecular weight is 470 g/mol. The number of carbonyl (C=O) groups excluding carboxylic acids is 1. The van der Waals surface area contributed by atoms with Crippen molar-refractivity contribution in [1.29, 1.82) is 0 Å². The first-order chi connectivity index (χ1) is 12.2. The second-order valence-corrected chi connectivity index (χ2v) is 9.51. The fourth-order valence-corrected chi connectivity index (χ4v) is 4.69. The van der Waals surface area contributed by atoms with Crippen molar-refractivity contribution in [1.82, 2.24) is 5.32 Å².